The monoisotopic (exact) mass is 401 g/mol. The van der Waals surface area contributed by atoms with E-state index in [0.29, 0.717) is 19.7 Å². The van der Waals surface area contributed by atoms with Crippen LogP contribution in [0.4, 0.5) is 9.18 Å². The fraction of sp³-hybridized carbons (Fsp3) is 0.435. The van der Waals surface area contributed by atoms with Crippen molar-refractivity contribution in [3.8, 4) is 22.6 Å². The van der Waals surface area contributed by atoms with Crippen LogP contribution < -0.4 is 4.74 Å². The van der Waals surface area contributed by atoms with Crippen LogP contribution in [-0.4, -0.2) is 41.4 Å². The van der Waals surface area contributed by atoms with Crippen molar-refractivity contribution in [1.82, 2.24) is 4.90 Å². The summed E-state index contributed by atoms with van der Waals surface area (Å²) in [6.07, 6.45) is 1.31. The van der Waals surface area contributed by atoms with Crippen molar-refractivity contribution in [3.63, 3.8) is 0 Å². The lowest BCUT2D eigenvalue weighted by Crippen LogP contribution is -2.42. The second-order valence-electron chi connectivity index (χ2n) is 8.41. The minimum absolute atomic E-state index is 0.173. The molecule has 1 heterocycles. The highest BCUT2D eigenvalue weighted by molar-refractivity contribution is 5.68. The maximum Gasteiger partial charge on any atom is 0.410 e. The number of rotatable bonds is 4. The molecule has 1 amide bonds. The number of aromatic hydroxyl groups is 1. The van der Waals surface area contributed by atoms with Crippen LogP contribution in [0.5, 0.6) is 11.5 Å². The topological polar surface area (TPSA) is 59.0 Å². The number of benzene rings is 2. The van der Waals surface area contributed by atoms with Gasteiger partial charge in [0.25, 0.3) is 0 Å². The van der Waals surface area contributed by atoms with Crippen molar-refractivity contribution in [2.24, 2.45) is 5.92 Å². The van der Waals surface area contributed by atoms with Crippen molar-refractivity contribution in [2.45, 2.75) is 39.2 Å². The fourth-order valence-electron chi connectivity index (χ4n) is 3.27. The number of ether oxygens (including phenoxy) is 2. The van der Waals surface area contributed by atoms with Crippen LogP contribution in [0.25, 0.3) is 11.1 Å². The van der Waals surface area contributed by atoms with Gasteiger partial charge in [0.15, 0.2) is 11.6 Å². The summed E-state index contributed by atoms with van der Waals surface area (Å²) in [4.78, 5) is 13.8. The van der Waals surface area contributed by atoms with E-state index in [4.69, 9.17) is 9.47 Å². The van der Waals surface area contributed by atoms with Gasteiger partial charge < -0.3 is 19.5 Å². The van der Waals surface area contributed by atoms with E-state index >= 15 is 0 Å². The van der Waals surface area contributed by atoms with E-state index in [9.17, 15) is 14.3 Å². The average molecular weight is 401 g/mol. The Labute approximate surface area is 171 Å². The maximum atomic E-state index is 14.5. The SMILES string of the molecule is CC(C)(C)OC(=O)N1CCC(COc2ccc(-c3ccc(O)cc3)cc2F)CC1. The second kappa shape index (κ2) is 8.72. The lowest BCUT2D eigenvalue weighted by Gasteiger charge is -2.33. The van der Waals surface area contributed by atoms with Crippen LogP contribution in [0, 0.1) is 11.7 Å². The van der Waals surface area contributed by atoms with E-state index in [1.54, 1.807) is 41.3 Å². The van der Waals surface area contributed by atoms with Gasteiger partial charge in [-0.15, -0.1) is 0 Å². The minimum atomic E-state index is -0.499. The van der Waals surface area contributed by atoms with Crippen molar-refractivity contribution in [3.05, 3.63) is 48.3 Å². The molecular formula is C23H28FNO4. The predicted molar refractivity (Wildman–Crippen MR) is 110 cm³/mol. The number of phenolic OH excluding ortho intramolecular Hbond substituents is 1. The molecule has 1 fully saturated rings. The number of phenols is 1. The van der Waals surface area contributed by atoms with Gasteiger partial charge in [0.1, 0.15) is 11.4 Å². The van der Waals surface area contributed by atoms with Crippen molar-refractivity contribution >= 4 is 6.09 Å². The third kappa shape index (κ3) is 5.86. The zero-order valence-electron chi connectivity index (χ0n) is 17.2. The Bertz CT molecular complexity index is 837. The van der Waals surface area contributed by atoms with Gasteiger partial charge in [-0.25, -0.2) is 9.18 Å². The van der Waals surface area contributed by atoms with E-state index in [1.165, 1.54) is 6.07 Å². The van der Waals surface area contributed by atoms with Gasteiger partial charge >= 0.3 is 6.09 Å². The predicted octanol–water partition coefficient (Wildman–Crippen LogP) is 5.22. The van der Waals surface area contributed by atoms with Crippen LogP contribution in [0.3, 0.4) is 0 Å². The Kier molecular flexibility index (Phi) is 6.30. The number of halogens is 1. The van der Waals surface area contributed by atoms with E-state index < -0.39 is 11.4 Å². The standard InChI is InChI=1S/C23H28FNO4/c1-23(2,3)29-22(27)25-12-10-16(11-13-25)15-28-21-9-6-18(14-20(21)24)17-4-7-19(26)8-5-17/h4-9,14,16,26H,10-13,15H2,1-3H3. The molecule has 1 saturated heterocycles. The van der Waals surface area contributed by atoms with Crippen molar-refractivity contribution in [1.29, 1.82) is 0 Å². The molecular weight excluding hydrogens is 373 g/mol. The molecule has 29 heavy (non-hydrogen) atoms. The van der Waals surface area contributed by atoms with E-state index in [-0.39, 0.29) is 23.5 Å². The molecule has 0 aliphatic carbocycles. The summed E-state index contributed by atoms with van der Waals surface area (Å²) >= 11 is 0. The smallest absolute Gasteiger partial charge is 0.410 e. The first-order valence-electron chi connectivity index (χ1n) is 9.91. The quantitative estimate of drug-likeness (QED) is 0.763. The molecule has 1 N–H and O–H groups in total. The molecule has 1 aliphatic heterocycles. The van der Waals surface area contributed by atoms with Gasteiger partial charge in [-0.3, -0.25) is 0 Å². The highest BCUT2D eigenvalue weighted by Gasteiger charge is 2.27. The molecule has 0 aromatic heterocycles. The molecule has 6 heteroatoms. The zero-order chi connectivity index (χ0) is 21.0. The molecule has 0 atom stereocenters. The summed E-state index contributed by atoms with van der Waals surface area (Å²) in [6.45, 7) is 7.21. The minimum Gasteiger partial charge on any atom is -0.508 e. The first-order chi connectivity index (χ1) is 13.7. The van der Waals surface area contributed by atoms with Crippen LogP contribution in [-0.2, 0) is 4.74 Å². The summed E-state index contributed by atoms with van der Waals surface area (Å²) in [5.41, 5.74) is 1.05. The van der Waals surface area contributed by atoms with Gasteiger partial charge in [0.05, 0.1) is 6.61 Å². The normalized spacial score (nSPS) is 15.2. The highest BCUT2D eigenvalue weighted by Crippen LogP contribution is 2.28. The third-order valence-electron chi connectivity index (χ3n) is 4.87. The highest BCUT2D eigenvalue weighted by atomic mass is 19.1. The van der Waals surface area contributed by atoms with Gasteiger partial charge in [-0.1, -0.05) is 18.2 Å². The first-order valence-corrected chi connectivity index (χ1v) is 9.91. The number of hydrogen-bond acceptors (Lipinski definition) is 4. The van der Waals surface area contributed by atoms with E-state index in [0.717, 1.165) is 24.0 Å². The number of carbonyl (C=O) groups excluding carboxylic acids is 1. The van der Waals surface area contributed by atoms with Crippen LogP contribution in [0.1, 0.15) is 33.6 Å². The zero-order valence-corrected chi connectivity index (χ0v) is 17.2. The van der Waals surface area contributed by atoms with Crippen molar-refractivity contribution in [2.75, 3.05) is 19.7 Å². The maximum absolute atomic E-state index is 14.5. The van der Waals surface area contributed by atoms with E-state index in [1.807, 2.05) is 20.8 Å². The van der Waals surface area contributed by atoms with Gasteiger partial charge in [0.2, 0.25) is 0 Å². The molecule has 2 aromatic carbocycles. The van der Waals surface area contributed by atoms with E-state index in [2.05, 4.69) is 0 Å². The summed E-state index contributed by atoms with van der Waals surface area (Å²) in [5, 5.41) is 9.37. The molecule has 156 valence electrons. The fourth-order valence-corrected chi connectivity index (χ4v) is 3.27. The number of piperidine rings is 1. The molecule has 0 unspecified atom stereocenters. The van der Waals surface area contributed by atoms with Crippen LogP contribution in [0.2, 0.25) is 0 Å². The molecule has 0 saturated carbocycles. The Morgan fingerprint density at radius 3 is 2.31 bits per heavy atom. The molecule has 0 spiro atoms. The summed E-state index contributed by atoms with van der Waals surface area (Å²) < 4.78 is 25.6. The van der Waals surface area contributed by atoms with Gasteiger partial charge in [0, 0.05) is 13.1 Å². The first kappa shape index (κ1) is 21.0. The molecule has 5 nitrogen and oxygen atoms in total. The largest absolute Gasteiger partial charge is 0.508 e. The molecule has 0 radical (unpaired) electrons. The molecule has 0 bridgehead atoms. The lowest BCUT2D eigenvalue weighted by atomic mass is 9.98. The Morgan fingerprint density at radius 2 is 1.72 bits per heavy atom. The Hall–Kier alpha value is -2.76. The number of amides is 1. The summed E-state index contributed by atoms with van der Waals surface area (Å²) in [5.74, 6) is 0.251. The summed E-state index contributed by atoms with van der Waals surface area (Å²) in [6, 6.07) is 11.5. The Balaban J connectivity index is 1.51. The number of nitrogens with zero attached hydrogens (tertiary/aromatic N) is 1. The number of likely N-dealkylation sites (tertiary alicyclic amines) is 1. The third-order valence-corrected chi connectivity index (χ3v) is 4.87. The second-order valence-corrected chi connectivity index (χ2v) is 8.41. The van der Waals surface area contributed by atoms with Gasteiger partial charge in [-0.2, -0.15) is 0 Å². The van der Waals surface area contributed by atoms with Crippen LogP contribution >= 0.6 is 0 Å². The number of hydrogen-bond donors (Lipinski definition) is 1. The number of carbonyl (C=O) groups is 1. The summed E-state index contributed by atoms with van der Waals surface area (Å²) in [7, 11) is 0. The van der Waals surface area contributed by atoms with Crippen LogP contribution in [0.15, 0.2) is 42.5 Å². The molecule has 3 rings (SSSR count). The van der Waals surface area contributed by atoms with Crippen molar-refractivity contribution < 1.29 is 23.8 Å². The molecule has 2 aromatic rings. The Morgan fingerprint density at radius 1 is 1.10 bits per heavy atom. The van der Waals surface area contributed by atoms with Gasteiger partial charge in [-0.05, 0) is 74.9 Å². The molecule has 1 aliphatic rings. The lowest BCUT2D eigenvalue weighted by molar-refractivity contribution is 0.0164. The average Bonchev–Trinajstić information content (AvgIpc) is 2.66.